The molecule has 0 aromatic carbocycles. The van der Waals surface area contributed by atoms with Crippen molar-refractivity contribution in [2.75, 3.05) is 6.54 Å². The van der Waals surface area contributed by atoms with Crippen LogP contribution in [-0.2, 0) is 11.3 Å². The molecule has 2 atom stereocenters. The zero-order valence-corrected chi connectivity index (χ0v) is 12.5. The molecule has 2 N–H and O–H groups in total. The van der Waals surface area contributed by atoms with Gasteiger partial charge in [-0.25, -0.2) is 0 Å². The van der Waals surface area contributed by atoms with Crippen molar-refractivity contribution >= 4 is 5.91 Å². The summed E-state index contributed by atoms with van der Waals surface area (Å²) in [6.45, 7) is 5.32. The molecule has 1 saturated carbocycles. The number of amides is 1. The van der Waals surface area contributed by atoms with Crippen LogP contribution in [0.4, 0.5) is 0 Å². The Bertz CT molecular complexity index is 461. The van der Waals surface area contributed by atoms with Gasteiger partial charge >= 0.3 is 0 Å². The van der Waals surface area contributed by atoms with Crippen LogP contribution in [0.15, 0.2) is 18.2 Å². The fraction of sp³-hybridized carbons (Fsp3) is 0.625. The van der Waals surface area contributed by atoms with Crippen LogP contribution < -0.4 is 5.73 Å². The Kier molecular flexibility index (Phi) is 5.12. The minimum absolute atomic E-state index is 0.100. The van der Waals surface area contributed by atoms with Gasteiger partial charge in [0, 0.05) is 24.2 Å². The zero-order valence-electron chi connectivity index (χ0n) is 12.5. The van der Waals surface area contributed by atoms with Crippen molar-refractivity contribution in [2.45, 2.75) is 52.1 Å². The molecule has 2 rings (SSSR count). The van der Waals surface area contributed by atoms with E-state index in [1.54, 1.807) is 0 Å². The second kappa shape index (κ2) is 6.84. The summed E-state index contributed by atoms with van der Waals surface area (Å²) in [6, 6.07) is 6.14. The number of aryl methyl sites for hydroxylation is 1. The van der Waals surface area contributed by atoms with Crippen molar-refractivity contribution in [2.24, 2.45) is 11.7 Å². The van der Waals surface area contributed by atoms with E-state index >= 15 is 0 Å². The van der Waals surface area contributed by atoms with Crippen LogP contribution in [-0.4, -0.2) is 28.4 Å². The largest absolute Gasteiger partial charge is 0.337 e. The monoisotopic (exact) mass is 275 g/mol. The first-order chi connectivity index (χ1) is 9.60. The summed E-state index contributed by atoms with van der Waals surface area (Å²) in [7, 11) is 0. The van der Waals surface area contributed by atoms with Crippen LogP contribution in [0.1, 0.15) is 44.0 Å². The average molecular weight is 275 g/mol. The van der Waals surface area contributed by atoms with Gasteiger partial charge in [-0.1, -0.05) is 12.5 Å². The molecule has 2 unspecified atom stereocenters. The Morgan fingerprint density at radius 3 is 2.90 bits per heavy atom. The second-order valence-corrected chi connectivity index (χ2v) is 5.75. The van der Waals surface area contributed by atoms with Crippen LogP contribution >= 0.6 is 0 Å². The maximum atomic E-state index is 12.6. The molecule has 110 valence electrons. The molecule has 0 bridgehead atoms. The summed E-state index contributed by atoms with van der Waals surface area (Å²) in [4.78, 5) is 19.0. The van der Waals surface area contributed by atoms with Gasteiger partial charge in [0.25, 0.3) is 0 Å². The van der Waals surface area contributed by atoms with E-state index in [9.17, 15) is 4.79 Å². The lowest BCUT2D eigenvalue weighted by atomic mass is 9.85. The van der Waals surface area contributed by atoms with Crippen molar-refractivity contribution in [1.82, 2.24) is 9.88 Å². The molecular formula is C16H25N3O. The first kappa shape index (κ1) is 15.0. The zero-order chi connectivity index (χ0) is 14.5. The Morgan fingerprint density at radius 1 is 1.45 bits per heavy atom. The highest BCUT2D eigenvalue weighted by Gasteiger charge is 2.28. The molecule has 1 amide bonds. The van der Waals surface area contributed by atoms with E-state index in [4.69, 9.17) is 5.73 Å². The summed E-state index contributed by atoms with van der Waals surface area (Å²) in [5, 5.41) is 0. The Hall–Kier alpha value is -1.42. The first-order valence-corrected chi connectivity index (χ1v) is 7.57. The molecule has 1 aliphatic rings. The van der Waals surface area contributed by atoms with Gasteiger partial charge in [0.1, 0.15) is 0 Å². The van der Waals surface area contributed by atoms with E-state index in [1.807, 2.05) is 36.9 Å². The van der Waals surface area contributed by atoms with Crippen LogP contribution in [0.2, 0.25) is 0 Å². The van der Waals surface area contributed by atoms with E-state index in [0.29, 0.717) is 6.54 Å². The van der Waals surface area contributed by atoms with Gasteiger partial charge < -0.3 is 10.6 Å². The van der Waals surface area contributed by atoms with Gasteiger partial charge in [0.05, 0.1) is 12.2 Å². The van der Waals surface area contributed by atoms with Gasteiger partial charge in [-0.05, 0) is 45.2 Å². The summed E-state index contributed by atoms with van der Waals surface area (Å²) < 4.78 is 0. The van der Waals surface area contributed by atoms with Gasteiger partial charge in [-0.15, -0.1) is 0 Å². The Morgan fingerprint density at radius 2 is 2.25 bits per heavy atom. The number of rotatable bonds is 4. The third kappa shape index (κ3) is 3.79. The number of carbonyl (C=O) groups is 1. The predicted octanol–water partition coefficient (Wildman–Crippen LogP) is 2.26. The number of aromatic nitrogens is 1. The van der Waals surface area contributed by atoms with Crippen molar-refractivity contribution in [3.05, 3.63) is 29.6 Å². The molecule has 0 radical (unpaired) electrons. The van der Waals surface area contributed by atoms with Crippen molar-refractivity contribution in [3.63, 3.8) is 0 Å². The molecular weight excluding hydrogens is 250 g/mol. The van der Waals surface area contributed by atoms with Crippen molar-refractivity contribution in [3.8, 4) is 0 Å². The van der Waals surface area contributed by atoms with Crippen LogP contribution in [0.5, 0.6) is 0 Å². The quantitative estimate of drug-likeness (QED) is 0.917. The van der Waals surface area contributed by atoms with E-state index in [0.717, 1.165) is 43.6 Å². The minimum atomic E-state index is 0.100. The lowest BCUT2D eigenvalue weighted by Crippen LogP contribution is -2.40. The number of hydrogen-bond donors (Lipinski definition) is 1. The third-order valence-electron chi connectivity index (χ3n) is 4.06. The van der Waals surface area contributed by atoms with E-state index in [-0.39, 0.29) is 17.9 Å². The molecule has 20 heavy (non-hydrogen) atoms. The van der Waals surface area contributed by atoms with Gasteiger partial charge in [-0.2, -0.15) is 0 Å². The molecule has 0 saturated heterocycles. The fourth-order valence-electron chi connectivity index (χ4n) is 2.94. The molecule has 1 heterocycles. The molecule has 4 heteroatoms. The molecule has 1 aromatic rings. The molecule has 1 fully saturated rings. The first-order valence-electron chi connectivity index (χ1n) is 7.57. The lowest BCUT2D eigenvalue weighted by molar-refractivity contribution is -0.137. The van der Waals surface area contributed by atoms with Crippen LogP contribution in [0.3, 0.4) is 0 Å². The van der Waals surface area contributed by atoms with E-state index in [1.165, 1.54) is 0 Å². The molecule has 1 aliphatic carbocycles. The number of carbonyl (C=O) groups excluding carboxylic acids is 1. The number of nitrogens with zero attached hydrogens (tertiary/aromatic N) is 2. The average Bonchev–Trinajstić information content (AvgIpc) is 2.44. The Labute approximate surface area is 121 Å². The SMILES string of the molecule is CCN(Cc1cccc(C)n1)C(=O)C1CCCC(N)C1. The highest BCUT2D eigenvalue weighted by molar-refractivity contribution is 5.79. The maximum absolute atomic E-state index is 12.6. The molecule has 4 nitrogen and oxygen atoms in total. The van der Waals surface area contributed by atoms with Crippen molar-refractivity contribution in [1.29, 1.82) is 0 Å². The number of pyridine rings is 1. The van der Waals surface area contributed by atoms with Crippen molar-refractivity contribution < 1.29 is 4.79 Å². The highest BCUT2D eigenvalue weighted by atomic mass is 16.2. The summed E-state index contributed by atoms with van der Waals surface area (Å²) >= 11 is 0. The Balaban J connectivity index is 2.02. The third-order valence-corrected chi connectivity index (χ3v) is 4.06. The van der Waals surface area contributed by atoms with Crippen LogP contribution in [0, 0.1) is 12.8 Å². The highest BCUT2D eigenvalue weighted by Crippen LogP contribution is 2.25. The smallest absolute Gasteiger partial charge is 0.226 e. The topological polar surface area (TPSA) is 59.2 Å². The summed E-state index contributed by atoms with van der Waals surface area (Å²) in [5.41, 5.74) is 7.94. The van der Waals surface area contributed by atoms with Gasteiger partial charge in [0.2, 0.25) is 5.91 Å². The second-order valence-electron chi connectivity index (χ2n) is 5.75. The predicted molar refractivity (Wildman–Crippen MR) is 80.0 cm³/mol. The number of nitrogens with two attached hydrogens (primary N) is 1. The van der Waals surface area contributed by atoms with Gasteiger partial charge in [-0.3, -0.25) is 9.78 Å². The summed E-state index contributed by atoms with van der Waals surface area (Å²) in [6.07, 6.45) is 3.92. The molecule has 0 aliphatic heterocycles. The summed E-state index contributed by atoms with van der Waals surface area (Å²) in [5.74, 6) is 0.342. The molecule has 0 spiro atoms. The normalized spacial score (nSPS) is 22.6. The lowest BCUT2D eigenvalue weighted by Gasteiger charge is -2.30. The van der Waals surface area contributed by atoms with E-state index < -0.39 is 0 Å². The van der Waals surface area contributed by atoms with Gasteiger partial charge in [0.15, 0.2) is 0 Å². The minimum Gasteiger partial charge on any atom is -0.337 e. The number of hydrogen-bond acceptors (Lipinski definition) is 3. The fourth-order valence-corrected chi connectivity index (χ4v) is 2.94. The maximum Gasteiger partial charge on any atom is 0.226 e. The van der Waals surface area contributed by atoms with E-state index in [2.05, 4.69) is 4.98 Å². The van der Waals surface area contributed by atoms with Crippen LogP contribution in [0.25, 0.3) is 0 Å². The molecule has 1 aromatic heterocycles. The standard InChI is InChI=1S/C16H25N3O/c1-3-19(11-15-9-4-6-12(2)18-15)16(20)13-7-5-8-14(17)10-13/h4,6,9,13-14H,3,5,7-8,10-11,17H2,1-2H3.